The largest absolute Gasteiger partial charge is 0.507 e. The number of aryl methyl sites for hydroxylation is 1. The van der Waals surface area contributed by atoms with E-state index in [9.17, 15) is 35.4 Å². The molecule has 9 heteroatoms. The van der Waals surface area contributed by atoms with E-state index in [4.69, 9.17) is 9.47 Å². The van der Waals surface area contributed by atoms with E-state index in [1.165, 1.54) is 6.07 Å². The zero-order valence-electron chi connectivity index (χ0n) is 17.5. The fourth-order valence-electron chi connectivity index (χ4n) is 3.50. The molecule has 1 aromatic carbocycles. The van der Waals surface area contributed by atoms with Crippen LogP contribution in [0, 0.1) is 0 Å². The highest BCUT2D eigenvalue weighted by Gasteiger charge is 2.46. The minimum absolute atomic E-state index is 0.204. The summed E-state index contributed by atoms with van der Waals surface area (Å²) in [5.41, 5.74) is -0.230. The lowest BCUT2D eigenvalue weighted by Gasteiger charge is -2.40. The number of benzene rings is 1. The van der Waals surface area contributed by atoms with Crippen LogP contribution < -0.4 is 0 Å². The average molecular weight is 438 g/mol. The first kappa shape index (κ1) is 24.8. The van der Waals surface area contributed by atoms with Crippen molar-refractivity contribution in [2.24, 2.45) is 0 Å². The van der Waals surface area contributed by atoms with Crippen LogP contribution in [-0.2, 0) is 15.9 Å². The molecule has 0 spiro atoms. The number of hydrogen-bond donors (Lipinski definition) is 6. The Morgan fingerprint density at radius 1 is 1.13 bits per heavy atom. The highest BCUT2D eigenvalue weighted by molar-refractivity contribution is 5.95. The van der Waals surface area contributed by atoms with Crippen molar-refractivity contribution in [3.63, 3.8) is 0 Å². The summed E-state index contributed by atoms with van der Waals surface area (Å²) in [6.07, 6.45) is 1.49. The maximum absolute atomic E-state index is 12.4. The Kier molecular flexibility index (Phi) is 9.02. The summed E-state index contributed by atoms with van der Waals surface area (Å²) in [5.74, 6) is -1.99. The van der Waals surface area contributed by atoms with Gasteiger partial charge in [0.25, 0.3) is 0 Å². The van der Waals surface area contributed by atoms with Gasteiger partial charge in [-0.3, -0.25) is 0 Å². The Morgan fingerprint density at radius 3 is 2.42 bits per heavy atom. The van der Waals surface area contributed by atoms with Gasteiger partial charge >= 0.3 is 5.97 Å². The molecule has 1 aliphatic rings. The second kappa shape index (κ2) is 11.3. The lowest BCUT2D eigenvalue weighted by molar-refractivity contribution is -0.232. The molecule has 5 atom stereocenters. The summed E-state index contributed by atoms with van der Waals surface area (Å²) in [6.45, 7) is 1.33. The molecule has 1 saturated heterocycles. The van der Waals surface area contributed by atoms with Crippen LogP contribution in [0.15, 0.2) is 30.4 Å². The minimum atomic E-state index is -1.74. The molecule has 0 radical (unpaired) electrons. The normalized spacial score (nSPS) is 26.6. The maximum atomic E-state index is 12.4. The number of methoxy groups -OCH3 is 1. The fourth-order valence-corrected chi connectivity index (χ4v) is 3.50. The fraction of sp³-hybridized carbons (Fsp3) is 0.500. The summed E-state index contributed by atoms with van der Waals surface area (Å²) < 4.78 is 10.2. The number of phenolic OH excluding ortho intramolecular Hbond substituents is 2. The number of allylic oxidation sites excluding steroid dienone is 4. The molecular weight excluding hydrogens is 408 g/mol. The van der Waals surface area contributed by atoms with Crippen molar-refractivity contribution < 1.29 is 44.9 Å². The zero-order valence-corrected chi connectivity index (χ0v) is 17.5. The van der Waals surface area contributed by atoms with Crippen molar-refractivity contribution in [1.82, 2.24) is 0 Å². The van der Waals surface area contributed by atoms with Crippen LogP contribution in [0.4, 0.5) is 0 Å². The molecule has 2 rings (SSSR count). The smallest absolute Gasteiger partial charge is 0.341 e. The topological polar surface area (TPSA) is 157 Å². The molecule has 9 nitrogen and oxygen atoms in total. The lowest BCUT2D eigenvalue weighted by atomic mass is 9.87. The highest BCUT2D eigenvalue weighted by Crippen LogP contribution is 2.44. The van der Waals surface area contributed by atoms with Crippen LogP contribution >= 0.6 is 0 Å². The molecule has 1 aliphatic heterocycles. The molecule has 1 heterocycles. The van der Waals surface area contributed by atoms with Gasteiger partial charge in [0.2, 0.25) is 0 Å². The van der Waals surface area contributed by atoms with Gasteiger partial charge in [-0.15, -0.1) is 0 Å². The highest BCUT2D eigenvalue weighted by atomic mass is 16.5. The van der Waals surface area contributed by atoms with Crippen LogP contribution in [0.5, 0.6) is 11.5 Å². The molecule has 0 aromatic heterocycles. The predicted molar refractivity (Wildman–Crippen MR) is 111 cm³/mol. The number of aliphatic hydroxyl groups excluding tert-OH is 4. The third-order valence-corrected chi connectivity index (χ3v) is 5.17. The van der Waals surface area contributed by atoms with E-state index in [0.717, 1.165) is 13.5 Å². The van der Waals surface area contributed by atoms with Crippen molar-refractivity contribution >= 4 is 5.97 Å². The van der Waals surface area contributed by atoms with Crippen molar-refractivity contribution in [2.75, 3.05) is 13.7 Å². The first-order chi connectivity index (χ1) is 14.8. The number of hydrogen-bond acceptors (Lipinski definition) is 9. The summed E-state index contributed by atoms with van der Waals surface area (Å²) in [6, 6.07) is 1.26. The second-order valence-electron chi connectivity index (χ2n) is 7.24. The van der Waals surface area contributed by atoms with Gasteiger partial charge in [-0.2, -0.15) is 0 Å². The molecule has 1 aromatic rings. The lowest BCUT2D eigenvalue weighted by Crippen LogP contribution is -2.55. The molecule has 6 N–H and O–H groups in total. The second-order valence-corrected chi connectivity index (χ2v) is 7.24. The van der Waals surface area contributed by atoms with Gasteiger partial charge in [0.1, 0.15) is 47.6 Å². The molecule has 0 bridgehead atoms. The van der Waals surface area contributed by atoms with Crippen LogP contribution in [0.3, 0.4) is 0 Å². The first-order valence-corrected chi connectivity index (χ1v) is 10.1. The third-order valence-electron chi connectivity index (χ3n) is 5.17. The van der Waals surface area contributed by atoms with E-state index in [1.54, 1.807) is 0 Å². The van der Waals surface area contributed by atoms with Gasteiger partial charge in [-0.05, 0) is 30.9 Å². The Hall–Kier alpha value is -2.43. The molecule has 0 aliphatic carbocycles. The van der Waals surface area contributed by atoms with E-state index >= 15 is 0 Å². The van der Waals surface area contributed by atoms with Crippen LogP contribution in [0.25, 0.3) is 0 Å². The predicted octanol–water partition coefficient (Wildman–Crippen LogP) is 0.854. The summed E-state index contributed by atoms with van der Waals surface area (Å²) in [7, 11) is 1.14. The summed E-state index contributed by atoms with van der Waals surface area (Å²) in [4.78, 5) is 12.4. The minimum Gasteiger partial charge on any atom is -0.507 e. The Labute approximate surface area is 180 Å². The van der Waals surface area contributed by atoms with Gasteiger partial charge in [0.05, 0.1) is 19.3 Å². The number of rotatable bonds is 8. The summed E-state index contributed by atoms with van der Waals surface area (Å²) >= 11 is 0. The van der Waals surface area contributed by atoms with Gasteiger partial charge in [0, 0.05) is 0 Å². The number of phenols is 2. The van der Waals surface area contributed by atoms with Crippen molar-refractivity contribution in [3.8, 4) is 11.5 Å². The molecule has 172 valence electrons. The average Bonchev–Trinajstić information content (AvgIpc) is 2.75. The molecular formula is C22H30O9. The zero-order chi connectivity index (χ0) is 23.1. The molecule has 1 fully saturated rings. The Morgan fingerprint density at radius 2 is 1.81 bits per heavy atom. The number of aliphatic hydroxyl groups is 4. The van der Waals surface area contributed by atoms with Gasteiger partial charge in [0.15, 0.2) is 0 Å². The van der Waals surface area contributed by atoms with Crippen LogP contribution in [0.2, 0.25) is 0 Å². The Bertz CT molecular complexity index is 816. The molecule has 0 saturated carbocycles. The van der Waals surface area contributed by atoms with Gasteiger partial charge in [-0.25, -0.2) is 4.79 Å². The third kappa shape index (κ3) is 5.44. The number of carbonyl (C=O) groups excluding carboxylic acids is 1. The van der Waals surface area contributed by atoms with Crippen molar-refractivity contribution in [3.05, 3.63) is 47.1 Å². The van der Waals surface area contributed by atoms with Gasteiger partial charge in [-0.1, -0.05) is 31.2 Å². The molecule has 5 unspecified atom stereocenters. The van der Waals surface area contributed by atoms with E-state index in [0.29, 0.717) is 18.4 Å². The first-order valence-electron chi connectivity index (χ1n) is 10.1. The maximum Gasteiger partial charge on any atom is 0.341 e. The number of esters is 1. The van der Waals surface area contributed by atoms with Crippen LogP contribution in [-0.4, -0.2) is 74.7 Å². The summed E-state index contributed by atoms with van der Waals surface area (Å²) in [5, 5.41) is 61.1. The molecule has 0 amide bonds. The van der Waals surface area contributed by atoms with E-state index in [2.05, 4.69) is 0 Å². The quantitative estimate of drug-likeness (QED) is 0.256. The number of carbonyl (C=O) groups is 1. The van der Waals surface area contributed by atoms with Crippen molar-refractivity contribution in [1.29, 1.82) is 0 Å². The van der Waals surface area contributed by atoms with Crippen molar-refractivity contribution in [2.45, 2.75) is 56.7 Å². The Balaban J connectivity index is 2.44. The number of aromatic hydroxyl groups is 2. The number of ether oxygens (including phenoxy) is 2. The standard InChI is InChI=1S/C22H30O9/c1-3-4-5-6-7-8-9-12-10-13(24)16(18(26)15(12)22(29)30-2)21-20(28)19(27)17(25)14(11-23)31-21/h4-7,10,14,17,19-21,23-28H,3,8-9,11H2,1-2H3. The molecule has 31 heavy (non-hydrogen) atoms. The van der Waals surface area contributed by atoms with Gasteiger partial charge < -0.3 is 40.1 Å². The SMILES string of the molecule is CCC=CC=CCCc1cc(O)c(C2OC(CO)C(O)C(O)C2O)c(O)c1C(=O)OC. The monoisotopic (exact) mass is 438 g/mol. The van der Waals surface area contributed by atoms with E-state index < -0.39 is 54.6 Å². The van der Waals surface area contributed by atoms with Crippen LogP contribution in [0.1, 0.15) is 47.4 Å². The van der Waals surface area contributed by atoms with E-state index in [-0.39, 0.29) is 11.1 Å². The van der Waals surface area contributed by atoms with E-state index in [1.807, 2.05) is 31.2 Å².